The van der Waals surface area contributed by atoms with Gasteiger partial charge in [-0.25, -0.2) is 15.0 Å². The third kappa shape index (κ3) is 5.45. The summed E-state index contributed by atoms with van der Waals surface area (Å²) in [6.07, 6.45) is 0. The topological polar surface area (TPSA) is 51.8 Å². The fourth-order valence-electron chi connectivity index (χ4n) is 6.52. The Bertz CT molecular complexity index is 2590. The molecule has 0 amide bonds. The van der Waals surface area contributed by atoms with Gasteiger partial charge in [-0.15, -0.1) is 0 Å². The van der Waals surface area contributed by atoms with Crippen molar-refractivity contribution in [2.24, 2.45) is 0 Å². The number of benzene rings is 7. The molecule has 4 heteroatoms. The van der Waals surface area contributed by atoms with Crippen molar-refractivity contribution in [3.05, 3.63) is 176 Å². The van der Waals surface area contributed by atoms with Crippen LogP contribution in [0, 0.1) is 0 Å². The summed E-state index contributed by atoms with van der Waals surface area (Å²) in [6, 6.07) is 60.4. The van der Waals surface area contributed by atoms with Gasteiger partial charge in [0.2, 0.25) is 0 Å². The first-order chi connectivity index (χ1) is 24.3. The molecule has 0 fully saturated rings. The lowest BCUT2D eigenvalue weighted by Crippen LogP contribution is -2.01. The quantitative estimate of drug-likeness (QED) is 0.184. The molecule has 2 aromatic heterocycles. The first kappa shape index (κ1) is 28.6. The molecule has 2 heterocycles. The van der Waals surface area contributed by atoms with Gasteiger partial charge in [0.05, 0.1) is 0 Å². The Hall–Kier alpha value is -6.65. The van der Waals surface area contributed by atoms with Gasteiger partial charge in [-0.1, -0.05) is 146 Å². The summed E-state index contributed by atoms with van der Waals surface area (Å²) in [5.41, 5.74) is 11.0. The van der Waals surface area contributed by atoms with E-state index in [1.807, 2.05) is 60.7 Å². The molecule has 4 nitrogen and oxygen atoms in total. The van der Waals surface area contributed by atoms with Gasteiger partial charge >= 0.3 is 0 Å². The lowest BCUT2D eigenvalue weighted by molar-refractivity contribution is 0.669. The number of rotatable bonds is 6. The zero-order chi connectivity index (χ0) is 32.6. The fourth-order valence-corrected chi connectivity index (χ4v) is 6.52. The van der Waals surface area contributed by atoms with Gasteiger partial charge in [0, 0.05) is 27.5 Å². The molecule has 0 aliphatic rings. The number of nitrogens with zero attached hydrogens (tertiary/aromatic N) is 3. The number of hydrogen-bond acceptors (Lipinski definition) is 4. The van der Waals surface area contributed by atoms with Crippen molar-refractivity contribution in [1.29, 1.82) is 0 Å². The second-order valence-electron chi connectivity index (χ2n) is 12.1. The Labute approximate surface area is 284 Å². The Kier molecular flexibility index (Phi) is 7.10. The first-order valence-corrected chi connectivity index (χ1v) is 16.4. The molecule has 0 atom stereocenters. The minimum Gasteiger partial charge on any atom is -0.456 e. The number of para-hydroxylation sites is 1. The molecule has 0 bridgehead atoms. The van der Waals surface area contributed by atoms with Crippen LogP contribution < -0.4 is 0 Å². The molecule has 7 aromatic carbocycles. The summed E-state index contributed by atoms with van der Waals surface area (Å²) < 4.78 is 6.51. The Morgan fingerprint density at radius 2 is 0.776 bits per heavy atom. The maximum Gasteiger partial charge on any atom is 0.164 e. The van der Waals surface area contributed by atoms with E-state index < -0.39 is 0 Å². The largest absolute Gasteiger partial charge is 0.456 e. The van der Waals surface area contributed by atoms with Gasteiger partial charge in [-0.2, -0.15) is 0 Å². The molecule has 0 unspecified atom stereocenters. The van der Waals surface area contributed by atoms with Crippen molar-refractivity contribution in [2.75, 3.05) is 0 Å². The maximum atomic E-state index is 6.51. The summed E-state index contributed by atoms with van der Waals surface area (Å²) in [6.45, 7) is 0. The summed E-state index contributed by atoms with van der Waals surface area (Å²) >= 11 is 0. The molecular formula is C45H29N3O. The number of hydrogen-bond donors (Lipinski definition) is 0. The molecule has 0 N–H and O–H groups in total. The van der Waals surface area contributed by atoms with Crippen molar-refractivity contribution >= 4 is 21.9 Å². The summed E-state index contributed by atoms with van der Waals surface area (Å²) in [5.74, 6) is 1.81. The molecule has 9 aromatic rings. The molecule has 0 radical (unpaired) electrons. The molecular weight excluding hydrogens is 599 g/mol. The van der Waals surface area contributed by atoms with Crippen LogP contribution in [0.15, 0.2) is 180 Å². The Morgan fingerprint density at radius 1 is 0.306 bits per heavy atom. The van der Waals surface area contributed by atoms with E-state index in [2.05, 4.69) is 115 Å². The fraction of sp³-hybridized carbons (Fsp3) is 0. The van der Waals surface area contributed by atoms with Crippen LogP contribution in [-0.2, 0) is 0 Å². The van der Waals surface area contributed by atoms with Gasteiger partial charge in [-0.3, -0.25) is 0 Å². The third-order valence-corrected chi connectivity index (χ3v) is 8.92. The highest BCUT2D eigenvalue weighted by Gasteiger charge is 2.20. The number of fused-ring (bicyclic) bond motifs is 3. The molecule has 0 aliphatic carbocycles. The van der Waals surface area contributed by atoms with Crippen LogP contribution in [0.2, 0.25) is 0 Å². The highest BCUT2D eigenvalue weighted by Crippen LogP contribution is 2.40. The van der Waals surface area contributed by atoms with Gasteiger partial charge < -0.3 is 4.42 Å². The van der Waals surface area contributed by atoms with Crippen molar-refractivity contribution in [3.8, 4) is 67.5 Å². The van der Waals surface area contributed by atoms with Crippen molar-refractivity contribution in [3.63, 3.8) is 0 Å². The molecule has 0 aliphatic heterocycles. The first-order valence-electron chi connectivity index (χ1n) is 16.4. The van der Waals surface area contributed by atoms with Crippen LogP contribution in [-0.4, -0.2) is 15.0 Å². The zero-order valence-corrected chi connectivity index (χ0v) is 26.5. The van der Waals surface area contributed by atoms with Crippen LogP contribution in [0.4, 0.5) is 0 Å². The van der Waals surface area contributed by atoms with E-state index in [0.717, 1.165) is 66.4 Å². The predicted molar refractivity (Wildman–Crippen MR) is 200 cm³/mol. The van der Waals surface area contributed by atoms with Crippen molar-refractivity contribution < 1.29 is 4.42 Å². The van der Waals surface area contributed by atoms with Crippen LogP contribution in [0.5, 0.6) is 0 Å². The van der Waals surface area contributed by atoms with Gasteiger partial charge in [-0.05, 0) is 63.7 Å². The highest BCUT2D eigenvalue weighted by molar-refractivity contribution is 6.13. The average molecular weight is 628 g/mol. The second-order valence-corrected chi connectivity index (χ2v) is 12.1. The van der Waals surface area contributed by atoms with Gasteiger partial charge in [0.15, 0.2) is 17.5 Å². The highest BCUT2D eigenvalue weighted by atomic mass is 16.3. The molecule has 9 rings (SSSR count). The van der Waals surface area contributed by atoms with Crippen LogP contribution in [0.3, 0.4) is 0 Å². The lowest BCUT2D eigenvalue weighted by Gasteiger charge is -2.12. The number of aromatic nitrogens is 3. The Balaban J connectivity index is 1.29. The molecule has 0 spiro atoms. The summed E-state index contributed by atoms with van der Waals surface area (Å²) in [4.78, 5) is 15.4. The summed E-state index contributed by atoms with van der Waals surface area (Å²) in [7, 11) is 0. The predicted octanol–water partition coefficient (Wildman–Crippen LogP) is 11.8. The molecule has 0 saturated carbocycles. The minimum absolute atomic E-state index is 0.589. The molecule has 0 saturated heterocycles. The second kappa shape index (κ2) is 12.2. The van der Waals surface area contributed by atoms with Crippen LogP contribution in [0.25, 0.3) is 89.5 Å². The monoisotopic (exact) mass is 627 g/mol. The zero-order valence-electron chi connectivity index (χ0n) is 26.5. The van der Waals surface area contributed by atoms with Gasteiger partial charge in [0.25, 0.3) is 0 Å². The standard InChI is InChI=1S/C45H29N3O/c1-4-14-30(15-5-1)33-20-12-22-35(26-33)37-28-39(42-38-24-10-11-25-40(38)49-41(42)29-37)45-47-43(32-18-8-3-9-19-32)46-44(48-45)36-23-13-21-34(27-36)31-16-6-2-7-17-31/h1-29H. The SMILES string of the molecule is c1ccc(-c2cccc(-c3cc(-c4nc(-c5ccccc5)nc(-c5cccc(-c6ccccc6)c5)n4)c4c(c3)oc3ccccc34)c2)cc1. The number of furan rings is 1. The molecule has 230 valence electrons. The maximum absolute atomic E-state index is 6.51. The van der Waals surface area contributed by atoms with Crippen molar-refractivity contribution in [1.82, 2.24) is 15.0 Å². The van der Waals surface area contributed by atoms with E-state index >= 15 is 0 Å². The lowest BCUT2D eigenvalue weighted by atomic mass is 9.95. The van der Waals surface area contributed by atoms with Gasteiger partial charge in [0.1, 0.15) is 11.2 Å². The van der Waals surface area contributed by atoms with E-state index in [4.69, 9.17) is 19.4 Å². The summed E-state index contributed by atoms with van der Waals surface area (Å²) in [5, 5.41) is 2.00. The smallest absolute Gasteiger partial charge is 0.164 e. The van der Waals surface area contributed by atoms with E-state index in [0.29, 0.717) is 17.5 Å². The van der Waals surface area contributed by atoms with E-state index in [1.165, 1.54) is 5.56 Å². The minimum atomic E-state index is 0.589. The Morgan fingerprint density at radius 3 is 1.43 bits per heavy atom. The van der Waals surface area contributed by atoms with E-state index in [-0.39, 0.29) is 0 Å². The third-order valence-electron chi connectivity index (χ3n) is 8.92. The normalized spacial score (nSPS) is 11.3. The van der Waals surface area contributed by atoms with E-state index in [1.54, 1.807) is 0 Å². The van der Waals surface area contributed by atoms with Crippen LogP contribution >= 0.6 is 0 Å². The van der Waals surface area contributed by atoms with Crippen LogP contribution in [0.1, 0.15) is 0 Å². The molecule has 49 heavy (non-hydrogen) atoms. The average Bonchev–Trinajstić information content (AvgIpc) is 3.57. The van der Waals surface area contributed by atoms with Crippen molar-refractivity contribution in [2.45, 2.75) is 0 Å². The van der Waals surface area contributed by atoms with E-state index in [9.17, 15) is 0 Å².